The molecule has 3 rings (SSSR count). The van der Waals surface area contributed by atoms with Crippen LogP contribution < -0.4 is 5.32 Å². The molecule has 1 unspecified atom stereocenters. The standard InChI is InChI=1S/C17H15F3N6O/c1-11(14-5-6-21-10-22-14)23-16(27)15-9-26(25-24-15)8-12-3-2-4-13(7-12)17(18,19)20/h2-7,9-11H,8H2,1H3,(H,23,27). The number of nitrogens with zero attached hydrogens (tertiary/aromatic N) is 5. The monoisotopic (exact) mass is 376 g/mol. The Morgan fingerprint density at radius 3 is 2.81 bits per heavy atom. The largest absolute Gasteiger partial charge is 0.416 e. The molecule has 0 fully saturated rings. The third kappa shape index (κ3) is 4.66. The summed E-state index contributed by atoms with van der Waals surface area (Å²) in [5.41, 5.74) is 0.352. The van der Waals surface area contributed by atoms with Gasteiger partial charge in [-0.1, -0.05) is 17.3 Å². The molecular formula is C17H15F3N6O. The highest BCUT2D eigenvalue weighted by atomic mass is 19.4. The fraction of sp³-hybridized carbons (Fsp3) is 0.235. The lowest BCUT2D eigenvalue weighted by Crippen LogP contribution is -2.27. The number of rotatable bonds is 5. The van der Waals surface area contributed by atoms with E-state index in [2.05, 4.69) is 25.6 Å². The average Bonchev–Trinajstić information content (AvgIpc) is 3.10. The van der Waals surface area contributed by atoms with Gasteiger partial charge in [0.2, 0.25) is 0 Å². The van der Waals surface area contributed by atoms with Crippen LogP contribution in [0.5, 0.6) is 0 Å². The maximum absolute atomic E-state index is 12.8. The SMILES string of the molecule is CC(NC(=O)c1cn(Cc2cccc(C(F)(F)F)c2)nn1)c1ccncn1. The van der Waals surface area contributed by atoms with Gasteiger partial charge in [0, 0.05) is 6.20 Å². The highest BCUT2D eigenvalue weighted by molar-refractivity contribution is 5.92. The number of hydrogen-bond acceptors (Lipinski definition) is 5. The predicted octanol–water partition coefficient (Wildman–Crippen LogP) is 2.63. The number of aromatic nitrogens is 5. The van der Waals surface area contributed by atoms with Crippen LogP contribution in [0.2, 0.25) is 0 Å². The van der Waals surface area contributed by atoms with Crippen LogP contribution in [0.3, 0.4) is 0 Å². The summed E-state index contributed by atoms with van der Waals surface area (Å²) in [6.45, 7) is 1.82. The molecule has 3 aromatic rings. The molecule has 2 aromatic heterocycles. The van der Waals surface area contributed by atoms with Gasteiger partial charge in [-0.05, 0) is 30.7 Å². The van der Waals surface area contributed by atoms with Gasteiger partial charge in [0.15, 0.2) is 5.69 Å². The smallest absolute Gasteiger partial charge is 0.342 e. The summed E-state index contributed by atoms with van der Waals surface area (Å²) in [6.07, 6.45) is -0.0947. The molecular weight excluding hydrogens is 361 g/mol. The fourth-order valence-corrected chi connectivity index (χ4v) is 2.41. The Hall–Kier alpha value is -3.30. The molecule has 1 N–H and O–H groups in total. The molecule has 1 amide bonds. The molecule has 0 saturated carbocycles. The number of benzene rings is 1. The van der Waals surface area contributed by atoms with Gasteiger partial charge in [0.1, 0.15) is 6.33 Å². The van der Waals surface area contributed by atoms with Crippen LogP contribution in [-0.2, 0) is 12.7 Å². The van der Waals surface area contributed by atoms with Crippen molar-refractivity contribution < 1.29 is 18.0 Å². The normalized spacial score (nSPS) is 12.6. The first-order chi connectivity index (χ1) is 12.8. The van der Waals surface area contributed by atoms with E-state index in [0.717, 1.165) is 12.1 Å². The van der Waals surface area contributed by atoms with E-state index in [0.29, 0.717) is 11.3 Å². The van der Waals surface area contributed by atoms with Crippen molar-refractivity contribution in [2.75, 3.05) is 0 Å². The topological polar surface area (TPSA) is 85.6 Å². The lowest BCUT2D eigenvalue weighted by molar-refractivity contribution is -0.137. The second kappa shape index (κ2) is 7.52. The van der Waals surface area contributed by atoms with Crippen LogP contribution in [0.15, 0.2) is 49.1 Å². The molecule has 2 heterocycles. The van der Waals surface area contributed by atoms with Gasteiger partial charge in [-0.2, -0.15) is 13.2 Å². The van der Waals surface area contributed by atoms with E-state index in [9.17, 15) is 18.0 Å². The van der Waals surface area contributed by atoms with Crippen molar-refractivity contribution in [3.63, 3.8) is 0 Å². The number of nitrogens with one attached hydrogen (secondary N) is 1. The quantitative estimate of drug-likeness (QED) is 0.740. The average molecular weight is 376 g/mol. The van der Waals surface area contributed by atoms with Crippen molar-refractivity contribution in [1.82, 2.24) is 30.3 Å². The minimum atomic E-state index is -4.42. The molecule has 0 aliphatic heterocycles. The molecule has 1 aromatic carbocycles. The third-order valence-corrected chi connectivity index (χ3v) is 3.77. The van der Waals surface area contributed by atoms with Gasteiger partial charge in [0.25, 0.3) is 5.91 Å². The van der Waals surface area contributed by atoms with Crippen LogP contribution in [0.1, 0.15) is 40.3 Å². The van der Waals surface area contributed by atoms with Crippen molar-refractivity contribution in [2.24, 2.45) is 0 Å². The highest BCUT2D eigenvalue weighted by Crippen LogP contribution is 2.29. The van der Waals surface area contributed by atoms with E-state index in [1.54, 1.807) is 25.3 Å². The van der Waals surface area contributed by atoms with Gasteiger partial charge in [0.05, 0.1) is 30.0 Å². The minimum Gasteiger partial charge on any atom is -0.342 e. The van der Waals surface area contributed by atoms with Gasteiger partial charge in [-0.15, -0.1) is 5.10 Å². The van der Waals surface area contributed by atoms with Gasteiger partial charge in [-0.3, -0.25) is 4.79 Å². The molecule has 7 nitrogen and oxygen atoms in total. The van der Waals surface area contributed by atoms with Crippen molar-refractivity contribution in [3.05, 3.63) is 71.6 Å². The summed E-state index contributed by atoms with van der Waals surface area (Å²) in [6, 6.07) is 6.22. The number of carbonyl (C=O) groups excluding carboxylic acids is 1. The molecule has 1 atom stereocenters. The van der Waals surface area contributed by atoms with E-state index in [4.69, 9.17) is 0 Å². The lowest BCUT2D eigenvalue weighted by atomic mass is 10.1. The first kappa shape index (κ1) is 18.5. The van der Waals surface area contributed by atoms with Crippen LogP contribution >= 0.6 is 0 Å². The molecule has 0 aliphatic carbocycles. The van der Waals surface area contributed by atoms with E-state index in [1.807, 2.05) is 0 Å². The van der Waals surface area contributed by atoms with E-state index in [1.165, 1.54) is 23.3 Å². The zero-order chi connectivity index (χ0) is 19.4. The minimum absolute atomic E-state index is 0.0582. The Balaban J connectivity index is 1.67. The van der Waals surface area contributed by atoms with E-state index < -0.39 is 17.6 Å². The molecule has 0 bridgehead atoms. The maximum Gasteiger partial charge on any atom is 0.416 e. The lowest BCUT2D eigenvalue weighted by Gasteiger charge is -2.11. The molecule has 10 heteroatoms. The van der Waals surface area contributed by atoms with Crippen LogP contribution in [-0.4, -0.2) is 30.9 Å². The van der Waals surface area contributed by atoms with Gasteiger partial charge in [-0.25, -0.2) is 14.6 Å². The highest BCUT2D eigenvalue weighted by Gasteiger charge is 2.30. The van der Waals surface area contributed by atoms with Crippen molar-refractivity contribution in [1.29, 1.82) is 0 Å². The Labute approximate surface area is 152 Å². The first-order valence-corrected chi connectivity index (χ1v) is 7.96. The second-order valence-electron chi connectivity index (χ2n) is 5.83. The molecule has 0 saturated heterocycles. The van der Waals surface area contributed by atoms with Gasteiger partial charge < -0.3 is 5.32 Å². The molecule has 140 valence electrons. The predicted molar refractivity (Wildman–Crippen MR) is 88.5 cm³/mol. The number of amides is 1. The molecule has 0 radical (unpaired) electrons. The summed E-state index contributed by atoms with van der Waals surface area (Å²) >= 11 is 0. The summed E-state index contributed by atoms with van der Waals surface area (Å²) in [7, 11) is 0. The second-order valence-corrected chi connectivity index (χ2v) is 5.83. The Morgan fingerprint density at radius 2 is 2.11 bits per heavy atom. The van der Waals surface area contributed by atoms with Crippen LogP contribution in [0, 0.1) is 0 Å². The van der Waals surface area contributed by atoms with Crippen LogP contribution in [0.4, 0.5) is 13.2 Å². The van der Waals surface area contributed by atoms with Crippen molar-refractivity contribution in [2.45, 2.75) is 25.7 Å². The number of carbonyl (C=O) groups is 1. The zero-order valence-electron chi connectivity index (χ0n) is 14.2. The molecule has 0 aliphatic rings. The van der Waals surface area contributed by atoms with E-state index >= 15 is 0 Å². The number of alkyl halides is 3. The third-order valence-electron chi connectivity index (χ3n) is 3.77. The van der Waals surface area contributed by atoms with Gasteiger partial charge >= 0.3 is 6.18 Å². The summed E-state index contributed by atoms with van der Waals surface area (Å²) in [4.78, 5) is 20.1. The van der Waals surface area contributed by atoms with E-state index in [-0.39, 0.29) is 18.3 Å². The zero-order valence-corrected chi connectivity index (χ0v) is 14.2. The Kier molecular flexibility index (Phi) is 5.15. The summed E-state index contributed by atoms with van der Waals surface area (Å²) < 4.78 is 39.6. The first-order valence-electron chi connectivity index (χ1n) is 7.96. The molecule has 27 heavy (non-hydrogen) atoms. The number of hydrogen-bond donors (Lipinski definition) is 1. The summed E-state index contributed by atoms with van der Waals surface area (Å²) in [5, 5.41) is 10.3. The number of halogens is 3. The Morgan fingerprint density at radius 1 is 1.30 bits per heavy atom. The fourth-order valence-electron chi connectivity index (χ4n) is 2.41. The van der Waals surface area contributed by atoms with Crippen LogP contribution in [0.25, 0.3) is 0 Å². The summed E-state index contributed by atoms with van der Waals surface area (Å²) in [5.74, 6) is -0.462. The molecule has 0 spiro atoms. The van der Waals surface area contributed by atoms with Crippen molar-refractivity contribution >= 4 is 5.91 Å². The Bertz CT molecular complexity index is 926. The van der Waals surface area contributed by atoms with Crippen molar-refractivity contribution in [3.8, 4) is 0 Å². The maximum atomic E-state index is 12.8.